The topological polar surface area (TPSA) is 58.2 Å². The second-order valence-electron chi connectivity index (χ2n) is 9.83. The number of hydrogen-bond donors (Lipinski definition) is 1. The molecule has 158 valence electrons. The van der Waals surface area contributed by atoms with Crippen molar-refractivity contribution in [1.29, 1.82) is 0 Å². The maximum absolute atomic E-state index is 12.7. The molecule has 0 saturated carbocycles. The zero-order valence-corrected chi connectivity index (χ0v) is 20.0. The van der Waals surface area contributed by atoms with Crippen molar-refractivity contribution in [3.8, 4) is 22.7 Å². The number of nitrogens with one attached hydrogen (secondary N) is 1. The van der Waals surface area contributed by atoms with Crippen molar-refractivity contribution in [2.24, 2.45) is 0 Å². The normalized spacial score (nSPS) is 16.7. The highest BCUT2D eigenvalue weighted by molar-refractivity contribution is 6.83. The van der Waals surface area contributed by atoms with Crippen molar-refractivity contribution < 1.29 is 9.53 Å². The van der Waals surface area contributed by atoms with Crippen LogP contribution in [0.5, 0.6) is 0 Å². The molecule has 5 nitrogen and oxygen atoms in total. The third-order valence-electron chi connectivity index (χ3n) is 4.48. The molecular formula is C24H31N3O2Si. The van der Waals surface area contributed by atoms with Crippen LogP contribution in [0.25, 0.3) is 11.3 Å². The first kappa shape index (κ1) is 21.9. The van der Waals surface area contributed by atoms with Gasteiger partial charge in [0.05, 0.1) is 11.9 Å². The standard InChI is InChI=1S/C24H31N3O2Si/c1-17-14-21(27(16-17)23(28)29-24(2,3)4)22-25-15-20(26-22)19-10-8-18(9-11-19)12-13-30(5,6)7/h8-11,14-15,21H,16H2,1-7H3,(H,25,26)/t21-/m0/s1. The lowest BCUT2D eigenvalue weighted by atomic mass is 10.1. The molecule has 0 fully saturated rings. The number of carbonyl (C=O) groups is 1. The Hall–Kier alpha value is -2.78. The molecule has 1 amide bonds. The molecule has 0 unspecified atom stereocenters. The fraction of sp³-hybridized carbons (Fsp3) is 0.417. The van der Waals surface area contributed by atoms with Crippen molar-refractivity contribution >= 4 is 14.2 Å². The van der Waals surface area contributed by atoms with Gasteiger partial charge >= 0.3 is 6.09 Å². The Balaban J connectivity index is 1.79. The van der Waals surface area contributed by atoms with E-state index >= 15 is 0 Å². The van der Waals surface area contributed by atoms with E-state index in [2.05, 4.69) is 47.1 Å². The quantitative estimate of drug-likeness (QED) is 0.393. The van der Waals surface area contributed by atoms with Crippen LogP contribution in [0.15, 0.2) is 42.1 Å². The largest absolute Gasteiger partial charge is 0.444 e. The van der Waals surface area contributed by atoms with E-state index in [9.17, 15) is 4.79 Å². The second kappa shape index (κ2) is 8.15. The van der Waals surface area contributed by atoms with E-state index in [1.54, 1.807) is 4.90 Å². The van der Waals surface area contributed by atoms with Gasteiger partial charge in [-0.05, 0) is 45.4 Å². The first-order valence-electron chi connectivity index (χ1n) is 10.3. The van der Waals surface area contributed by atoms with E-state index in [1.165, 1.54) is 0 Å². The molecule has 2 aromatic rings. The van der Waals surface area contributed by atoms with E-state index in [0.29, 0.717) is 6.54 Å². The minimum Gasteiger partial charge on any atom is -0.444 e. The fourth-order valence-corrected chi connectivity index (χ4v) is 3.65. The van der Waals surface area contributed by atoms with Crippen LogP contribution >= 0.6 is 0 Å². The number of H-pyrrole nitrogens is 1. The Bertz CT molecular complexity index is 1010. The van der Waals surface area contributed by atoms with Crippen LogP contribution in [-0.4, -0.2) is 41.2 Å². The molecule has 1 atom stereocenters. The van der Waals surface area contributed by atoms with Crippen LogP contribution < -0.4 is 0 Å². The van der Waals surface area contributed by atoms with Gasteiger partial charge in [-0.25, -0.2) is 9.78 Å². The molecule has 1 N–H and O–H groups in total. The van der Waals surface area contributed by atoms with Crippen LogP contribution in [0, 0.1) is 11.5 Å². The molecule has 1 aliphatic rings. The van der Waals surface area contributed by atoms with E-state index in [-0.39, 0.29) is 12.1 Å². The van der Waals surface area contributed by atoms with Crippen LogP contribution in [-0.2, 0) is 4.74 Å². The lowest BCUT2D eigenvalue weighted by Gasteiger charge is -2.27. The van der Waals surface area contributed by atoms with Gasteiger partial charge in [-0.15, -0.1) is 5.54 Å². The summed E-state index contributed by atoms with van der Waals surface area (Å²) in [6.45, 7) is 14.9. The van der Waals surface area contributed by atoms with Crippen molar-refractivity contribution in [3.05, 3.63) is 53.5 Å². The minimum absolute atomic E-state index is 0.254. The van der Waals surface area contributed by atoms with E-state index < -0.39 is 13.7 Å². The highest BCUT2D eigenvalue weighted by Gasteiger charge is 2.33. The summed E-state index contributed by atoms with van der Waals surface area (Å²) in [5, 5.41) is 0. The molecule has 6 heteroatoms. The Labute approximate surface area is 180 Å². The molecule has 1 aromatic carbocycles. The number of ether oxygens (including phenoxy) is 1. The monoisotopic (exact) mass is 421 g/mol. The number of benzene rings is 1. The molecular weight excluding hydrogens is 390 g/mol. The Morgan fingerprint density at radius 1 is 1.23 bits per heavy atom. The average Bonchev–Trinajstić information content (AvgIpc) is 3.25. The van der Waals surface area contributed by atoms with Crippen LogP contribution in [0.3, 0.4) is 0 Å². The highest BCUT2D eigenvalue weighted by Crippen LogP contribution is 2.31. The van der Waals surface area contributed by atoms with E-state index in [0.717, 1.165) is 28.2 Å². The summed E-state index contributed by atoms with van der Waals surface area (Å²) in [6.07, 6.45) is 3.54. The van der Waals surface area contributed by atoms with Crippen molar-refractivity contribution in [1.82, 2.24) is 14.9 Å². The van der Waals surface area contributed by atoms with Crippen LogP contribution in [0.1, 0.15) is 45.1 Å². The van der Waals surface area contributed by atoms with Gasteiger partial charge in [0.15, 0.2) is 0 Å². The summed E-state index contributed by atoms with van der Waals surface area (Å²) in [6, 6.07) is 7.92. The second-order valence-corrected chi connectivity index (χ2v) is 14.6. The van der Waals surface area contributed by atoms with Crippen LogP contribution in [0.4, 0.5) is 4.79 Å². The zero-order valence-electron chi connectivity index (χ0n) is 19.0. The van der Waals surface area contributed by atoms with Gasteiger partial charge in [0.25, 0.3) is 0 Å². The predicted octanol–water partition coefficient (Wildman–Crippen LogP) is 5.54. The summed E-state index contributed by atoms with van der Waals surface area (Å²) in [5.74, 6) is 4.01. The molecule has 30 heavy (non-hydrogen) atoms. The Morgan fingerprint density at radius 2 is 1.90 bits per heavy atom. The van der Waals surface area contributed by atoms with E-state index in [1.807, 2.05) is 58.2 Å². The number of rotatable bonds is 2. The Kier molecular flexibility index (Phi) is 5.96. The molecule has 0 bridgehead atoms. The molecule has 0 spiro atoms. The van der Waals surface area contributed by atoms with Crippen LogP contribution in [0.2, 0.25) is 19.6 Å². The third-order valence-corrected chi connectivity index (χ3v) is 5.35. The minimum atomic E-state index is -1.39. The number of imidazole rings is 1. The molecule has 1 aromatic heterocycles. The van der Waals surface area contributed by atoms with Crippen molar-refractivity contribution in [2.45, 2.75) is 59.0 Å². The van der Waals surface area contributed by atoms with Gasteiger partial charge in [0, 0.05) is 12.1 Å². The lowest BCUT2D eigenvalue weighted by molar-refractivity contribution is 0.0232. The molecule has 2 heterocycles. The summed E-state index contributed by atoms with van der Waals surface area (Å²) in [5.41, 5.74) is 6.94. The van der Waals surface area contributed by atoms with Crippen molar-refractivity contribution in [3.63, 3.8) is 0 Å². The molecule has 0 radical (unpaired) electrons. The number of nitrogens with zero attached hydrogens (tertiary/aromatic N) is 2. The highest BCUT2D eigenvalue weighted by atomic mass is 28.3. The summed E-state index contributed by atoms with van der Waals surface area (Å²) in [4.78, 5) is 22.3. The molecule has 0 saturated heterocycles. The average molecular weight is 422 g/mol. The maximum atomic E-state index is 12.7. The molecule has 1 aliphatic heterocycles. The number of aromatic nitrogens is 2. The molecule has 3 rings (SSSR count). The molecule has 0 aliphatic carbocycles. The van der Waals surface area contributed by atoms with Gasteiger partial charge in [-0.2, -0.15) is 0 Å². The number of carbonyl (C=O) groups excluding carboxylic acids is 1. The lowest BCUT2D eigenvalue weighted by Crippen LogP contribution is -2.37. The summed E-state index contributed by atoms with van der Waals surface area (Å²) >= 11 is 0. The Morgan fingerprint density at radius 3 is 2.50 bits per heavy atom. The maximum Gasteiger partial charge on any atom is 0.411 e. The smallest absolute Gasteiger partial charge is 0.411 e. The summed E-state index contributed by atoms with van der Waals surface area (Å²) < 4.78 is 5.58. The van der Waals surface area contributed by atoms with Gasteiger partial charge in [-0.3, -0.25) is 4.90 Å². The van der Waals surface area contributed by atoms with E-state index in [4.69, 9.17) is 4.74 Å². The SMILES string of the molecule is CC1=C[C@@H](c2ncc(-c3ccc(C#C[Si](C)(C)C)cc3)[nH]2)N(C(=O)OC(C)(C)C)C1. The van der Waals surface area contributed by atoms with Gasteiger partial charge in [0.1, 0.15) is 25.5 Å². The number of aromatic amines is 1. The van der Waals surface area contributed by atoms with Gasteiger partial charge in [0.2, 0.25) is 0 Å². The van der Waals surface area contributed by atoms with Gasteiger partial charge < -0.3 is 9.72 Å². The van der Waals surface area contributed by atoms with Gasteiger partial charge in [-0.1, -0.05) is 49.3 Å². The number of hydrogen-bond acceptors (Lipinski definition) is 3. The third kappa shape index (κ3) is 5.64. The first-order valence-corrected chi connectivity index (χ1v) is 13.8. The number of amides is 1. The summed E-state index contributed by atoms with van der Waals surface area (Å²) in [7, 11) is -1.39. The zero-order chi connectivity index (χ0) is 22.1. The van der Waals surface area contributed by atoms with Crippen molar-refractivity contribution in [2.75, 3.05) is 6.54 Å². The predicted molar refractivity (Wildman–Crippen MR) is 124 cm³/mol. The fourth-order valence-electron chi connectivity index (χ4n) is 3.13. The first-order chi connectivity index (χ1) is 13.9.